The van der Waals surface area contributed by atoms with Crippen LogP contribution in [0.5, 0.6) is 0 Å². The molecule has 0 radical (unpaired) electrons. The Morgan fingerprint density at radius 3 is 1.74 bits per heavy atom. The molecule has 270 valence electrons. The third-order valence-electron chi connectivity index (χ3n) is 12.0. The zero-order chi connectivity index (χ0) is 38.2. The molecule has 0 unspecified atom stereocenters. The Labute approximate surface area is 340 Å². The van der Waals surface area contributed by atoms with Crippen LogP contribution >= 0.6 is 11.3 Å². The van der Waals surface area contributed by atoms with Crippen LogP contribution in [0.3, 0.4) is 0 Å². The minimum Gasteiger partial charge on any atom is -0.309 e. The van der Waals surface area contributed by atoms with Crippen molar-refractivity contribution < 1.29 is 0 Å². The van der Waals surface area contributed by atoms with Crippen molar-refractivity contribution in [3.05, 3.63) is 212 Å². The van der Waals surface area contributed by atoms with Crippen LogP contribution in [0.15, 0.2) is 212 Å². The summed E-state index contributed by atoms with van der Waals surface area (Å²) in [5, 5.41) is 10.2. The van der Waals surface area contributed by atoms with Gasteiger partial charge < -0.3 is 4.57 Å². The largest absolute Gasteiger partial charge is 0.309 e. The first-order valence-electron chi connectivity index (χ1n) is 19.9. The van der Waals surface area contributed by atoms with E-state index in [2.05, 4.69) is 217 Å². The Morgan fingerprint density at radius 1 is 0.293 bits per heavy atom. The second-order valence-corrected chi connectivity index (χ2v) is 16.3. The Bertz CT molecular complexity index is 3550. The van der Waals surface area contributed by atoms with Crippen LogP contribution in [0.4, 0.5) is 0 Å². The van der Waals surface area contributed by atoms with E-state index in [4.69, 9.17) is 0 Å². The lowest BCUT2D eigenvalue weighted by molar-refractivity contribution is 1.19. The van der Waals surface area contributed by atoms with Gasteiger partial charge in [-0.15, -0.1) is 11.3 Å². The Balaban J connectivity index is 1.01. The van der Waals surface area contributed by atoms with E-state index in [0.29, 0.717) is 0 Å². The second-order valence-electron chi connectivity index (χ2n) is 15.2. The first-order chi connectivity index (χ1) is 28.8. The normalized spacial score (nSPS) is 11.8. The molecule has 12 rings (SSSR count). The minimum atomic E-state index is 1.18. The molecular weight excluding hydrogens is 719 g/mol. The summed E-state index contributed by atoms with van der Waals surface area (Å²) in [6, 6.07) is 78.2. The average molecular weight is 754 g/mol. The zero-order valence-corrected chi connectivity index (χ0v) is 32.4. The molecule has 1 nitrogen and oxygen atoms in total. The fourth-order valence-corrected chi connectivity index (χ4v) is 10.5. The van der Waals surface area contributed by atoms with E-state index < -0.39 is 0 Å². The van der Waals surface area contributed by atoms with Crippen molar-refractivity contribution in [3.63, 3.8) is 0 Å². The van der Waals surface area contributed by atoms with Crippen LogP contribution in [0.2, 0.25) is 0 Å². The molecule has 0 aliphatic carbocycles. The third kappa shape index (κ3) is 5.16. The SMILES string of the molecule is c1ccc(-c2ccccc2-c2cc3ccccc3c3cc(-c4ccc5c(c4)c4ccccc4n5-c4ccc5c(c4)sc4cccc(-c6ccccc6)c45)ccc23)cc1. The number of fused-ring (bicyclic) bond motifs is 9. The van der Waals surface area contributed by atoms with E-state index in [0.717, 1.165) is 0 Å². The first-order valence-corrected chi connectivity index (χ1v) is 20.7. The van der Waals surface area contributed by atoms with Gasteiger partial charge in [0, 0.05) is 36.6 Å². The number of hydrogen-bond acceptors (Lipinski definition) is 1. The molecular formula is C56H35NS. The quantitative estimate of drug-likeness (QED) is 0.154. The van der Waals surface area contributed by atoms with Crippen molar-refractivity contribution in [2.24, 2.45) is 0 Å². The molecule has 0 saturated carbocycles. The number of rotatable bonds is 5. The predicted octanol–water partition coefficient (Wildman–Crippen LogP) is 16.1. The Morgan fingerprint density at radius 2 is 0.914 bits per heavy atom. The summed E-state index contributed by atoms with van der Waals surface area (Å²) in [4.78, 5) is 0. The van der Waals surface area contributed by atoms with Crippen molar-refractivity contribution in [2.45, 2.75) is 0 Å². The smallest absolute Gasteiger partial charge is 0.0541 e. The molecule has 0 N–H and O–H groups in total. The summed E-state index contributed by atoms with van der Waals surface area (Å²) in [5.41, 5.74) is 13.5. The number of hydrogen-bond donors (Lipinski definition) is 0. The lowest BCUT2D eigenvalue weighted by atomic mass is 9.88. The molecule has 0 fully saturated rings. The third-order valence-corrected chi connectivity index (χ3v) is 13.1. The van der Waals surface area contributed by atoms with Crippen molar-refractivity contribution in [3.8, 4) is 50.2 Å². The predicted molar refractivity (Wildman–Crippen MR) is 250 cm³/mol. The van der Waals surface area contributed by atoms with Crippen LogP contribution in [-0.4, -0.2) is 4.57 Å². The highest BCUT2D eigenvalue weighted by Crippen LogP contribution is 2.44. The molecule has 0 atom stereocenters. The average Bonchev–Trinajstić information content (AvgIpc) is 3.84. The van der Waals surface area contributed by atoms with Gasteiger partial charge >= 0.3 is 0 Å². The van der Waals surface area contributed by atoms with Gasteiger partial charge in [-0.05, 0) is 115 Å². The maximum Gasteiger partial charge on any atom is 0.0541 e. The molecule has 12 aromatic rings. The summed E-state index contributed by atoms with van der Waals surface area (Å²) >= 11 is 1.88. The van der Waals surface area contributed by atoms with Gasteiger partial charge in [-0.25, -0.2) is 0 Å². The van der Waals surface area contributed by atoms with Crippen LogP contribution in [0, 0.1) is 0 Å². The molecule has 2 aromatic heterocycles. The maximum atomic E-state index is 2.45. The molecule has 2 heterocycles. The fraction of sp³-hybridized carbons (Fsp3) is 0. The van der Waals surface area contributed by atoms with E-state index in [-0.39, 0.29) is 0 Å². The number of nitrogens with zero attached hydrogens (tertiary/aromatic N) is 1. The highest BCUT2D eigenvalue weighted by molar-refractivity contribution is 7.26. The topological polar surface area (TPSA) is 4.93 Å². The van der Waals surface area contributed by atoms with Crippen molar-refractivity contribution in [1.29, 1.82) is 0 Å². The van der Waals surface area contributed by atoms with E-state index in [1.807, 2.05) is 11.3 Å². The molecule has 0 saturated heterocycles. The zero-order valence-electron chi connectivity index (χ0n) is 31.6. The van der Waals surface area contributed by atoms with Crippen molar-refractivity contribution in [1.82, 2.24) is 4.57 Å². The summed E-state index contributed by atoms with van der Waals surface area (Å²) in [7, 11) is 0. The van der Waals surface area contributed by atoms with Gasteiger partial charge in [0.25, 0.3) is 0 Å². The van der Waals surface area contributed by atoms with Crippen molar-refractivity contribution in [2.75, 3.05) is 0 Å². The number of benzene rings is 10. The molecule has 0 bridgehead atoms. The van der Waals surface area contributed by atoms with Crippen LogP contribution in [-0.2, 0) is 0 Å². The first kappa shape index (κ1) is 32.9. The molecule has 58 heavy (non-hydrogen) atoms. The van der Waals surface area contributed by atoms with Crippen molar-refractivity contribution >= 4 is 74.9 Å². The molecule has 2 heteroatoms. The second kappa shape index (κ2) is 13.2. The molecule has 0 spiro atoms. The van der Waals surface area contributed by atoms with E-state index in [1.165, 1.54) is 114 Å². The van der Waals surface area contributed by atoms with Crippen LogP contribution in [0.25, 0.3) is 114 Å². The Hall–Kier alpha value is -7.26. The minimum absolute atomic E-state index is 1.18. The highest BCUT2D eigenvalue weighted by atomic mass is 32.1. The van der Waals surface area contributed by atoms with Gasteiger partial charge in [0.15, 0.2) is 0 Å². The lowest BCUT2D eigenvalue weighted by Gasteiger charge is -2.16. The summed E-state index contributed by atoms with van der Waals surface area (Å²) in [6.07, 6.45) is 0. The van der Waals surface area contributed by atoms with Gasteiger partial charge in [-0.3, -0.25) is 0 Å². The number of aromatic nitrogens is 1. The van der Waals surface area contributed by atoms with E-state index >= 15 is 0 Å². The fourth-order valence-electron chi connectivity index (χ4n) is 9.34. The van der Waals surface area contributed by atoms with Gasteiger partial charge in [-0.2, -0.15) is 0 Å². The van der Waals surface area contributed by atoms with Gasteiger partial charge in [0.2, 0.25) is 0 Å². The summed E-state index contributed by atoms with van der Waals surface area (Å²) in [5.74, 6) is 0. The highest BCUT2D eigenvalue weighted by Gasteiger charge is 2.18. The van der Waals surface area contributed by atoms with Gasteiger partial charge in [0.05, 0.1) is 11.0 Å². The molecule has 0 amide bonds. The summed E-state index contributed by atoms with van der Waals surface area (Å²) < 4.78 is 5.06. The molecule has 10 aromatic carbocycles. The monoisotopic (exact) mass is 753 g/mol. The van der Waals surface area contributed by atoms with E-state index in [9.17, 15) is 0 Å². The van der Waals surface area contributed by atoms with Gasteiger partial charge in [-0.1, -0.05) is 164 Å². The Kier molecular flexibility index (Phi) is 7.47. The summed E-state index contributed by atoms with van der Waals surface area (Å²) in [6.45, 7) is 0. The van der Waals surface area contributed by atoms with E-state index in [1.54, 1.807) is 0 Å². The lowest BCUT2D eigenvalue weighted by Crippen LogP contribution is -1.93. The number of thiophene rings is 1. The maximum absolute atomic E-state index is 2.45. The number of para-hydroxylation sites is 1. The molecule has 0 aliphatic heterocycles. The van der Waals surface area contributed by atoms with Gasteiger partial charge in [0.1, 0.15) is 0 Å². The standard InChI is InChI=1S/C56H35NS/c1-3-14-36(15-4-1)42-19-9-10-21-45(42)50-34-40-18-7-8-20-43(40)49-32-38(26-29-46(49)50)39-27-31-53-51(33-39)47-22-11-12-24-52(47)57(53)41-28-30-48-55(35-41)58-54-25-13-23-44(56(48)54)37-16-5-2-6-17-37/h1-35H. The van der Waals surface area contributed by atoms with Crippen LogP contribution < -0.4 is 0 Å². The van der Waals surface area contributed by atoms with Crippen LogP contribution in [0.1, 0.15) is 0 Å². The molecule has 0 aliphatic rings.